The largest absolute Gasteiger partial charge is 0.477 e. The van der Waals surface area contributed by atoms with Crippen LogP contribution in [0.1, 0.15) is 20.3 Å². The first-order chi connectivity index (χ1) is 16.3. The highest BCUT2D eigenvalue weighted by Crippen LogP contribution is 2.51. The summed E-state index contributed by atoms with van der Waals surface area (Å²) in [5.74, 6) is -3.53. The third kappa shape index (κ3) is 4.68. The van der Waals surface area contributed by atoms with E-state index >= 15 is 0 Å². The summed E-state index contributed by atoms with van der Waals surface area (Å²) < 4.78 is 23.3. The number of sulfone groups is 1. The SMILES string of the molecule is C[C@@H](NC(=O)[C@H]1CS(=O)(=O)CN1)[C@H]1C(=O)N2C(C(=O)O)=C(S[C@@H]3CN[C@H](C(=O)N(C)C)C3)[C@H](C)[C@H]12. The number of nitrogens with zero attached hydrogens (tertiary/aromatic N) is 2. The molecule has 7 atom stereocenters. The zero-order valence-corrected chi connectivity index (χ0v) is 21.6. The van der Waals surface area contributed by atoms with Crippen LogP contribution in [0.4, 0.5) is 0 Å². The van der Waals surface area contributed by atoms with Gasteiger partial charge in [-0.1, -0.05) is 6.92 Å². The van der Waals surface area contributed by atoms with E-state index in [-0.39, 0.29) is 46.4 Å². The minimum absolute atomic E-state index is 0.0181. The third-order valence-electron chi connectivity index (χ3n) is 7.11. The number of likely N-dealkylation sites (N-methyl/N-ethyl adjacent to an activating group) is 1. The van der Waals surface area contributed by atoms with Crippen LogP contribution in [0, 0.1) is 11.8 Å². The average molecular weight is 530 g/mol. The number of hydrogen-bond acceptors (Lipinski definition) is 9. The zero-order valence-electron chi connectivity index (χ0n) is 20.0. The number of aliphatic carboxylic acids is 1. The number of carboxylic acids is 1. The van der Waals surface area contributed by atoms with Gasteiger partial charge in [0.2, 0.25) is 17.7 Å². The average Bonchev–Trinajstić information content (AvgIpc) is 3.44. The van der Waals surface area contributed by atoms with Crippen LogP contribution in [0.5, 0.6) is 0 Å². The molecule has 0 saturated carbocycles. The summed E-state index contributed by atoms with van der Waals surface area (Å²) in [4.78, 5) is 53.5. The van der Waals surface area contributed by atoms with Crippen molar-refractivity contribution in [2.24, 2.45) is 11.8 Å². The van der Waals surface area contributed by atoms with E-state index in [4.69, 9.17) is 0 Å². The molecule has 14 heteroatoms. The summed E-state index contributed by atoms with van der Waals surface area (Å²) in [6.07, 6.45) is 0.552. The molecule has 0 aromatic heterocycles. The zero-order chi connectivity index (χ0) is 25.8. The molecule has 4 aliphatic heterocycles. The van der Waals surface area contributed by atoms with Gasteiger partial charge in [0, 0.05) is 42.8 Å². The van der Waals surface area contributed by atoms with E-state index in [1.807, 2.05) is 6.92 Å². The molecule has 0 unspecified atom stereocenters. The van der Waals surface area contributed by atoms with Gasteiger partial charge in [-0.25, -0.2) is 13.2 Å². The molecule has 3 fully saturated rings. The van der Waals surface area contributed by atoms with E-state index in [0.29, 0.717) is 17.9 Å². The summed E-state index contributed by atoms with van der Waals surface area (Å²) in [7, 11) is 0.0525. The molecular formula is C21H31N5O7S2. The van der Waals surface area contributed by atoms with Crippen LogP contribution >= 0.6 is 11.8 Å². The van der Waals surface area contributed by atoms with Crippen LogP contribution in [0.15, 0.2) is 10.6 Å². The van der Waals surface area contributed by atoms with Crippen LogP contribution in [-0.4, -0.2) is 109 Å². The van der Waals surface area contributed by atoms with Gasteiger partial charge in [-0.2, -0.15) is 0 Å². The molecule has 4 rings (SSSR count). The van der Waals surface area contributed by atoms with Gasteiger partial charge in [0.25, 0.3) is 0 Å². The Morgan fingerprint density at radius 3 is 2.49 bits per heavy atom. The molecule has 0 aromatic carbocycles. The van der Waals surface area contributed by atoms with Crippen molar-refractivity contribution in [1.82, 2.24) is 25.8 Å². The van der Waals surface area contributed by atoms with Crippen LogP contribution in [0.3, 0.4) is 0 Å². The lowest BCUT2D eigenvalue weighted by Crippen LogP contribution is -2.66. The summed E-state index contributed by atoms with van der Waals surface area (Å²) >= 11 is 1.40. The third-order valence-corrected chi connectivity index (χ3v) is 10.1. The van der Waals surface area contributed by atoms with Gasteiger partial charge < -0.3 is 25.5 Å². The fourth-order valence-electron chi connectivity index (χ4n) is 5.35. The highest BCUT2D eigenvalue weighted by Gasteiger charge is 2.60. The summed E-state index contributed by atoms with van der Waals surface area (Å²) in [6, 6.07) is -2.22. The minimum Gasteiger partial charge on any atom is -0.477 e. The molecule has 4 heterocycles. The highest BCUT2D eigenvalue weighted by atomic mass is 32.2. The lowest BCUT2D eigenvalue weighted by atomic mass is 9.78. The fourth-order valence-corrected chi connectivity index (χ4v) is 8.18. The quantitative estimate of drug-likeness (QED) is 0.275. The van der Waals surface area contributed by atoms with Crippen molar-refractivity contribution in [3.8, 4) is 0 Å². The Hall–Kier alpha value is -2.16. The molecule has 0 bridgehead atoms. The molecule has 4 N–H and O–H groups in total. The second-order valence-corrected chi connectivity index (χ2v) is 13.3. The van der Waals surface area contributed by atoms with Crippen molar-refractivity contribution in [2.75, 3.05) is 32.3 Å². The highest BCUT2D eigenvalue weighted by molar-refractivity contribution is 8.03. The van der Waals surface area contributed by atoms with Crippen LogP contribution in [0.2, 0.25) is 0 Å². The first-order valence-electron chi connectivity index (χ1n) is 11.5. The Bertz CT molecular complexity index is 1090. The van der Waals surface area contributed by atoms with Gasteiger partial charge >= 0.3 is 5.97 Å². The second kappa shape index (κ2) is 9.37. The minimum atomic E-state index is -3.32. The Balaban J connectivity index is 1.45. The molecule has 3 amide bonds. The molecule has 0 radical (unpaired) electrons. The lowest BCUT2D eigenvalue weighted by Gasteiger charge is -2.47. The second-order valence-electron chi connectivity index (χ2n) is 9.81. The lowest BCUT2D eigenvalue weighted by molar-refractivity contribution is -0.158. The van der Waals surface area contributed by atoms with Crippen molar-refractivity contribution >= 4 is 45.3 Å². The predicted molar refractivity (Wildman–Crippen MR) is 128 cm³/mol. The number of amides is 3. The van der Waals surface area contributed by atoms with E-state index in [1.54, 1.807) is 21.0 Å². The van der Waals surface area contributed by atoms with Gasteiger partial charge in [-0.3, -0.25) is 19.7 Å². The maximum atomic E-state index is 13.0. The number of β-lactam (4-membered cyclic amide) rings is 1. The first-order valence-corrected chi connectivity index (χ1v) is 14.2. The molecule has 12 nitrogen and oxygen atoms in total. The van der Waals surface area contributed by atoms with E-state index in [2.05, 4.69) is 16.0 Å². The number of carbonyl (C=O) groups is 4. The topological polar surface area (TPSA) is 165 Å². The fraction of sp³-hybridized carbons (Fsp3) is 0.714. The standard InChI is InChI=1S/C21H31N5O7S2/c1-9-15-14(10(2)24-18(27)13-7-35(32,33)8-23-13)20(29)26(15)16(21(30)31)17(9)34-11-5-12(22-6-11)19(28)25(3)4/h9-15,22-23H,5-8H2,1-4H3,(H,24,27)(H,30,31)/t9-,10-,11+,12+,13-,14-,15-/m1/s1. The number of nitrogens with one attached hydrogen (secondary N) is 3. The predicted octanol–water partition coefficient (Wildman–Crippen LogP) is -1.84. The summed E-state index contributed by atoms with van der Waals surface area (Å²) in [5, 5.41) is 18.5. The van der Waals surface area contributed by atoms with Crippen molar-refractivity contribution in [2.45, 2.75) is 49.7 Å². The van der Waals surface area contributed by atoms with Gasteiger partial charge in [0.15, 0.2) is 9.84 Å². The van der Waals surface area contributed by atoms with Crippen LogP contribution in [-0.2, 0) is 29.0 Å². The number of fused-ring (bicyclic) bond motifs is 1. The monoisotopic (exact) mass is 529 g/mol. The Morgan fingerprint density at radius 2 is 1.91 bits per heavy atom. The van der Waals surface area contributed by atoms with E-state index in [0.717, 1.165) is 0 Å². The van der Waals surface area contributed by atoms with Crippen molar-refractivity contribution in [3.63, 3.8) is 0 Å². The maximum Gasteiger partial charge on any atom is 0.353 e. The molecular weight excluding hydrogens is 498 g/mol. The molecule has 0 aliphatic carbocycles. The molecule has 4 aliphatic rings. The van der Waals surface area contributed by atoms with Crippen molar-refractivity contribution in [3.05, 3.63) is 10.6 Å². The number of thioether (sulfide) groups is 1. The van der Waals surface area contributed by atoms with Crippen LogP contribution in [0.25, 0.3) is 0 Å². The molecule has 0 spiro atoms. The molecule has 0 aromatic rings. The molecule has 3 saturated heterocycles. The smallest absolute Gasteiger partial charge is 0.353 e. The van der Waals surface area contributed by atoms with E-state index < -0.39 is 45.8 Å². The van der Waals surface area contributed by atoms with Crippen molar-refractivity contribution < 1.29 is 32.7 Å². The summed E-state index contributed by atoms with van der Waals surface area (Å²) in [5.41, 5.74) is -0.0294. The normalized spacial score (nSPS) is 34.4. The number of carbonyl (C=O) groups excluding carboxylic acids is 3. The summed E-state index contributed by atoms with van der Waals surface area (Å²) in [6.45, 7) is 4.10. The Kier molecular flexibility index (Phi) is 6.94. The van der Waals surface area contributed by atoms with Gasteiger partial charge in [-0.05, 0) is 13.3 Å². The Morgan fingerprint density at radius 1 is 1.23 bits per heavy atom. The van der Waals surface area contributed by atoms with E-state index in [1.165, 1.54) is 21.6 Å². The van der Waals surface area contributed by atoms with Crippen LogP contribution < -0.4 is 16.0 Å². The van der Waals surface area contributed by atoms with Gasteiger partial charge in [0.05, 0.1) is 29.6 Å². The number of carboxylic acid groups (broad SMARTS) is 1. The molecule has 35 heavy (non-hydrogen) atoms. The first kappa shape index (κ1) is 25.9. The molecule has 194 valence electrons. The maximum absolute atomic E-state index is 13.0. The van der Waals surface area contributed by atoms with Crippen molar-refractivity contribution in [1.29, 1.82) is 0 Å². The van der Waals surface area contributed by atoms with Gasteiger partial charge in [0.1, 0.15) is 11.7 Å². The van der Waals surface area contributed by atoms with Gasteiger partial charge in [-0.15, -0.1) is 11.8 Å². The number of hydrogen-bond donors (Lipinski definition) is 4. The number of rotatable bonds is 7. The Labute approximate surface area is 208 Å². The van der Waals surface area contributed by atoms with E-state index in [9.17, 15) is 32.7 Å².